The number of aromatic amines is 1. The fraction of sp³-hybridized carbons (Fsp3) is 0.154. The molecule has 2 N–H and O–H groups in total. The molecule has 0 fully saturated rings. The van der Waals surface area contributed by atoms with Crippen LogP contribution in [0.25, 0.3) is 33.3 Å². The number of benzene rings is 2. The highest BCUT2D eigenvalue weighted by molar-refractivity contribution is 6.08. The molecule has 0 spiro atoms. The molecular weight excluding hydrogens is 432 g/mol. The Labute approximate surface area is 194 Å². The zero-order chi connectivity index (χ0) is 23.7. The molecule has 8 nitrogen and oxygen atoms in total. The van der Waals surface area contributed by atoms with E-state index < -0.39 is 17.9 Å². The minimum absolute atomic E-state index is 0.259. The minimum atomic E-state index is -0.889. The monoisotopic (exact) mass is 454 g/mol. The number of rotatable bonds is 6. The van der Waals surface area contributed by atoms with Crippen LogP contribution in [0.4, 0.5) is 0 Å². The number of pyridine rings is 1. The van der Waals surface area contributed by atoms with Gasteiger partial charge in [0, 0.05) is 29.1 Å². The highest BCUT2D eigenvalue weighted by Crippen LogP contribution is 2.27. The molecule has 0 radical (unpaired) electrons. The van der Waals surface area contributed by atoms with Gasteiger partial charge in [-0.25, -0.2) is 9.78 Å². The first kappa shape index (κ1) is 21.4. The van der Waals surface area contributed by atoms with E-state index in [1.54, 1.807) is 13.0 Å². The summed E-state index contributed by atoms with van der Waals surface area (Å²) in [4.78, 5) is 33.8. The van der Waals surface area contributed by atoms with Gasteiger partial charge in [0.05, 0.1) is 29.4 Å². The first-order chi connectivity index (χ1) is 16.5. The second-order valence-corrected chi connectivity index (χ2v) is 7.98. The lowest BCUT2D eigenvalue weighted by Crippen LogP contribution is -2.43. The molecule has 2 aromatic carbocycles. The van der Waals surface area contributed by atoms with Crippen molar-refractivity contribution in [3.05, 3.63) is 83.7 Å². The van der Waals surface area contributed by atoms with Crippen LogP contribution in [-0.4, -0.2) is 40.2 Å². The van der Waals surface area contributed by atoms with Gasteiger partial charge in [0.15, 0.2) is 0 Å². The second kappa shape index (κ2) is 8.82. The van der Waals surface area contributed by atoms with Gasteiger partial charge in [-0.3, -0.25) is 4.79 Å². The molecule has 0 bridgehead atoms. The number of hydrogen-bond acceptors (Lipinski definition) is 6. The number of para-hydroxylation sites is 1. The van der Waals surface area contributed by atoms with E-state index in [9.17, 15) is 9.59 Å². The summed E-state index contributed by atoms with van der Waals surface area (Å²) in [7, 11) is 1.30. The lowest BCUT2D eigenvalue weighted by molar-refractivity contribution is -0.142. The predicted octanol–water partition coefficient (Wildman–Crippen LogP) is 4.19. The highest BCUT2D eigenvalue weighted by atomic mass is 16.5. The normalized spacial score (nSPS) is 12.1. The summed E-state index contributed by atoms with van der Waals surface area (Å²) >= 11 is 0. The van der Waals surface area contributed by atoms with E-state index in [4.69, 9.17) is 9.26 Å². The number of amides is 1. The summed E-state index contributed by atoms with van der Waals surface area (Å²) in [6, 6.07) is 18.1. The largest absolute Gasteiger partial charge is 0.467 e. The molecule has 8 heteroatoms. The van der Waals surface area contributed by atoms with Crippen molar-refractivity contribution < 1.29 is 18.8 Å². The molecular formula is C26H22N4O4. The Hall–Kier alpha value is -4.46. The third-order valence-electron chi connectivity index (χ3n) is 5.82. The van der Waals surface area contributed by atoms with Crippen molar-refractivity contribution in [2.75, 3.05) is 7.11 Å². The number of ether oxygens (including phenoxy) is 1. The molecule has 0 aliphatic heterocycles. The SMILES string of the molecule is COC(=O)[C@@H](Cc1c[nH]c2ccccc12)NC(=O)c1cc(-c2ccccc2)nc2onc(C)c12. The van der Waals surface area contributed by atoms with Crippen LogP contribution in [0.2, 0.25) is 0 Å². The van der Waals surface area contributed by atoms with Crippen molar-refractivity contribution >= 4 is 33.9 Å². The maximum absolute atomic E-state index is 13.5. The number of aryl methyl sites for hydroxylation is 1. The van der Waals surface area contributed by atoms with Crippen LogP contribution < -0.4 is 5.32 Å². The van der Waals surface area contributed by atoms with Gasteiger partial charge in [0.25, 0.3) is 11.6 Å². The van der Waals surface area contributed by atoms with Crippen LogP contribution in [-0.2, 0) is 16.0 Å². The molecule has 1 atom stereocenters. The standard InChI is InChI=1S/C26H22N4O4/c1-15-23-19(13-21(29-25(23)34-30-15)16-8-4-3-5-9-16)24(31)28-22(26(32)33-2)12-17-14-27-20-11-7-6-10-18(17)20/h3-11,13-14,22,27H,12H2,1-2H3,(H,28,31)/t22-/m1/s1. The van der Waals surface area contributed by atoms with E-state index >= 15 is 0 Å². The van der Waals surface area contributed by atoms with E-state index in [1.807, 2.05) is 60.8 Å². The van der Waals surface area contributed by atoms with Crippen LogP contribution in [0.1, 0.15) is 21.6 Å². The third kappa shape index (κ3) is 3.90. The lowest BCUT2D eigenvalue weighted by atomic mass is 10.0. The van der Waals surface area contributed by atoms with Gasteiger partial charge < -0.3 is 19.6 Å². The molecule has 0 aliphatic rings. The number of esters is 1. The Morgan fingerprint density at radius 3 is 2.68 bits per heavy atom. The van der Waals surface area contributed by atoms with Gasteiger partial charge in [0.2, 0.25) is 0 Å². The molecule has 0 aliphatic carbocycles. The quantitative estimate of drug-likeness (QED) is 0.372. The summed E-state index contributed by atoms with van der Waals surface area (Å²) in [5.74, 6) is -0.972. The molecule has 3 aromatic heterocycles. The molecule has 3 heterocycles. The lowest BCUT2D eigenvalue weighted by Gasteiger charge is -2.17. The summed E-state index contributed by atoms with van der Waals surface area (Å²) in [6.45, 7) is 1.75. The molecule has 5 rings (SSSR count). The maximum Gasteiger partial charge on any atom is 0.328 e. The topological polar surface area (TPSA) is 110 Å². The van der Waals surface area contributed by atoms with Crippen LogP contribution in [0.15, 0.2) is 71.4 Å². The number of methoxy groups -OCH3 is 1. The number of aromatic nitrogens is 3. The summed E-state index contributed by atoms with van der Waals surface area (Å²) in [6.07, 6.45) is 2.11. The zero-order valence-electron chi connectivity index (χ0n) is 18.7. The molecule has 34 heavy (non-hydrogen) atoms. The Balaban J connectivity index is 1.51. The second-order valence-electron chi connectivity index (χ2n) is 7.98. The van der Waals surface area contributed by atoms with Crippen LogP contribution >= 0.6 is 0 Å². The summed E-state index contributed by atoms with van der Waals surface area (Å²) < 4.78 is 10.4. The molecule has 5 aromatic rings. The van der Waals surface area contributed by atoms with E-state index in [0.717, 1.165) is 22.0 Å². The van der Waals surface area contributed by atoms with Crippen LogP contribution in [0, 0.1) is 6.92 Å². The molecule has 0 unspecified atom stereocenters. The molecule has 0 saturated carbocycles. The number of carbonyl (C=O) groups excluding carboxylic acids is 2. The minimum Gasteiger partial charge on any atom is -0.467 e. The first-order valence-corrected chi connectivity index (χ1v) is 10.8. The number of H-pyrrole nitrogens is 1. The van der Waals surface area contributed by atoms with Crippen molar-refractivity contribution in [2.45, 2.75) is 19.4 Å². The number of nitrogens with one attached hydrogen (secondary N) is 2. The first-order valence-electron chi connectivity index (χ1n) is 10.8. The highest BCUT2D eigenvalue weighted by Gasteiger charge is 2.26. The number of nitrogens with zero attached hydrogens (tertiary/aromatic N) is 2. The van der Waals surface area contributed by atoms with Gasteiger partial charge in [0.1, 0.15) is 6.04 Å². The number of carbonyl (C=O) groups is 2. The predicted molar refractivity (Wildman–Crippen MR) is 127 cm³/mol. The number of hydrogen-bond donors (Lipinski definition) is 2. The average Bonchev–Trinajstić information content (AvgIpc) is 3.46. The Bertz CT molecular complexity index is 1500. The third-order valence-corrected chi connectivity index (χ3v) is 5.82. The van der Waals surface area contributed by atoms with Gasteiger partial charge >= 0.3 is 5.97 Å². The Morgan fingerprint density at radius 2 is 1.88 bits per heavy atom. The van der Waals surface area contributed by atoms with Gasteiger partial charge in [-0.2, -0.15) is 0 Å². The van der Waals surface area contributed by atoms with Crippen LogP contribution in [0.3, 0.4) is 0 Å². The smallest absolute Gasteiger partial charge is 0.328 e. The number of fused-ring (bicyclic) bond motifs is 2. The molecule has 170 valence electrons. The maximum atomic E-state index is 13.5. The van der Waals surface area contributed by atoms with Gasteiger partial charge in [-0.15, -0.1) is 0 Å². The zero-order valence-corrected chi connectivity index (χ0v) is 18.7. The van der Waals surface area contributed by atoms with Gasteiger partial charge in [-0.05, 0) is 24.6 Å². The van der Waals surface area contributed by atoms with E-state index in [2.05, 4.69) is 20.4 Å². The average molecular weight is 454 g/mol. The van der Waals surface area contributed by atoms with Crippen molar-refractivity contribution in [1.82, 2.24) is 20.4 Å². The Morgan fingerprint density at radius 1 is 1.12 bits per heavy atom. The summed E-state index contributed by atoms with van der Waals surface area (Å²) in [5.41, 5.74) is 4.38. The van der Waals surface area contributed by atoms with Gasteiger partial charge in [-0.1, -0.05) is 53.7 Å². The van der Waals surface area contributed by atoms with Crippen molar-refractivity contribution in [3.8, 4) is 11.3 Å². The van der Waals surface area contributed by atoms with E-state index in [-0.39, 0.29) is 12.1 Å². The van der Waals surface area contributed by atoms with E-state index in [0.29, 0.717) is 22.3 Å². The fourth-order valence-corrected chi connectivity index (χ4v) is 4.12. The molecule has 1 amide bonds. The molecule has 0 saturated heterocycles. The van der Waals surface area contributed by atoms with Crippen LogP contribution in [0.5, 0.6) is 0 Å². The van der Waals surface area contributed by atoms with Crippen molar-refractivity contribution in [3.63, 3.8) is 0 Å². The van der Waals surface area contributed by atoms with E-state index in [1.165, 1.54) is 7.11 Å². The summed E-state index contributed by atoms with van der Waals surface area (Å²) in [5, 5.41) is 8.33. The Kier molecular flexibility index (Phi) is 5.55. The van der Waals surface area contributed by atoms with Crippen molar-refractivity contribution in [2.24, 2.45) is 0 Å². The fourth-order valence-electron chi connectivity index (χ4n) is 4.12. The van der Waals surface area contributed by atoms with Crippen molar-refractivity contribution in [1.29, 1.82) is 0 Å².